The van der Waals surface area contributed by atoms with Crippen molar-refractivity contribution >= 4 is 11.9 Å². The van der Waals surface area contributed by atoms with E-state index >= 15 is 0 Å². The van der Waals surface area contributed by atoms with Crippen LogP contribution < -0.4 is 11.3 Å². The van der Waals surface area contributed by atoms with Crippen molar-refractivity contribution in [2.75, 3.05) is 39.0 Å². The van der Waals surface area contributed by atoms with Crippen molar-refractivity contribution in [3.63, 3.8) is 0 Å². The molecule has 1 fully saturated rings. The summed E-state index contributed by atoms with van der Waals surface area (Å²) in [6.45, 7) is -0.372. The summed E-state index contributed by atoms with van der Waals surface area (Å²) < 4.78 is 36.8. The molecule has 23 heavy (non-hydrogen) atoms. The van der Waals surface area contributed by atoms with Gasteiger partial charge in [-0.25, -0.2) is 4.98 Å². The van der Waals surface area contributed by atoms with E-state index in [-0.39, 0.29) is 24.0 Å². The minimum absolute atomic E-state index is 0.0203. The Balaban J connectivity index is 1.92. The van der Waals surface area contributed by atoms with Crippen LogP contribution in [0.2, 0.25) is 0 Å². The largest absolute Gasteiger partial charge is 0.406 e. The van der Waals surface area contributed by atoms with Gasteiger partial charge in [0.2, 0.25) is 11.9 Å². The highest BCUT2D eigenvalue weighted by molar-refractivity contribution is 5.78. The minimum Gasteiger partial charge on any atom is -0.369 e. The van der Waals surface area contributed by atoms with Gasteiger partial charge in [-0.2, -0.15) is 13.2 Å². The average Bonchev–Trinajstić information content (AvgIpc) is 2.84. The Hall–Kier alpha value is -2.10. The van der Waals surface area contributed by atoms with Gasteiger partial charge in [0, 0.05) is 25.6 Å². The fourth-order valence-electron chi connectivity index (χ4n) is 2.59. The Kier molecular flexibility index (Phi) is 4.93. The Morgan fingerprint density at radius 1 is 1.57 bits per heavy atom. The average molecular weight is 333 g/mol. The van der Waals surface area contributed by atoms with Crippen molar-refractivity contribution in [3.05, 3.63) is 22.1 Å². The molecule has 0 saturated carbocycles. The lowest BCUT2D eigenvalue weighted by Crippen LogP contribution is -2.41. The molecule has 10 heteroatoms. The number of nitrogens with zero attached hydrogens (tertiary/aromatic N) is 3. The second kappa shape index (κ2) is 6.57. The lowest BCUT2D eigenvalue weighted by molar-refractivity contribution is -0.158. The zero-order chi connectivity index (χ0) is 17.2. The molecule has 3 N–H and O–H groups in total. The number of halogens is 3. The SMILES string of the molecule is CN(CC(F)(F)F)C(=O)CN1CCC(c2cc(=O)[nH]c(N)n2)C1. The molecule has 0 aliphatic carbocycles. The summed E-state index contributed by atoms with van der Waals surface area (Å²) in [6, 6.07) is 1.35. The first-order chi connectivity index (χ1) is 10.6. The number of likely N-dealkylation sites (tertiary alicyclic amines) is 1. The van der Waals surface area contributed by atoms with Gasteiger partial charge in [0.05, 0.1) is 12.2 Å². The van der Waals surface area contributed by atoms with Gasteiger partial charge < -0.3 is 10.6 Å². The van der Waals surface area contributed by atoms with E-state index in [1.165, 1.54) is 6.07 Å². The number of hydrogen-bond acceptors (Lipinski definition) is 5. The Bertz CT molecular complexity index is 631. The molecule has 1 aromatic rings. The molecule has 7 nitrogen and oxygen atoms in total. The number of aromatic nitrogens is 2. The number of carbonyl (C=O) groups is 1. The van der Waals surface area contributed by atoms with Crippen molar-refractivity contribution in [1.82, 2.24) is 19.8 Å². The van der Waals surface area contributed by atoms with Crippen LogP contribution >= 0.6 is 0 Å². The maximum atomic E-state index is 12.3. The first-order valence-electron chi connectivity index (χ1n) is 7.04. The fraction of sp³-hybridized carbons (Fsp3) is 0.615. The lowest BCUT2D eigenvalue weighted by Gasteiger charge is -2.22. The molecular formula is C13H18F3N5O2. The maximum absolute atomic E-state index is 12.3. The van der Waals surface area contributed by atoms with Crippen LogP contribution in [0, 0.1) is 0 Å². The summed E-state index contributed by atoms with van der Waals surface area (Å²) in [4.78, 5) is 32.0. The van der Waals surface area contributed by atoms with Crippen LogP contribution in [0.1, 0.15) is 18.0 Å². The Labute approximate surface area is 130 Å². The highest BCUT2D eigenvalue weighted by atomic mass is 19.4. The second-order valence-corrected chi connectivity index (χ2v) is 5.64. The van der Waals surface area contributed by atoms with E-state index < -0.39 is 18.6 Å². The van der Waals surface area contributed by atoms with Crippen molar-refractivity contribution < 1.29 is 18.0 Å². The van der Waals surface area contributed by atoms with E-state index in [4.69, 9.17) is 5.73 Å². The van der Waals surface area contributed by atoms with Gasteiger partial charge >= 0.3 is 6.18 Å². The third-order valence-corrected chi connectivity index (χ3v) is 3.67. The predicted molar refractivity (Wildman–Crippen MR) is 76.8 cm³/mol. The van der Waals surface area contributed by atoms with Gasteiger partial charge in [0.15, 0.2) is 0 Å². The van der Waals surface area contributed by atoms with Crippen molar-refractivity contribution in [2.45, 2.75) is 18.5 Å². The van der Waals surface area contributed by atoms with E-state index in [1.54, 1.807) is 4.90 Å². The number of likely N-dealkylation sites (N-methyl/N-ethyl adjacent to an activating group) is 1. The standard InChI is InChI=1S/C13H18F3N5O2/c1-20(7-13(14,15)16)11(23)6-21-3-2-8(5-21)9-4-10(22)19-12(17)18-9/h4,8H,2-3,5-7H2,1H3,(H3,17,18,19,22). The number of aromatic amines is 1. The topological polar surface area (TPSA) is 95.3 Å². The molecule has 0 spiro atoms. The highest BCUT2D eigenvalue weighted by Gasteiger charge is 2.33. The van der Waals surface area contributed by atoms with Crippen LogP contribution in [0.3, 0.4) is 0 Å². The number of amides is 1. The molecule has 2 rings (SSSR count). The molecule has 128 valence electrons. The number of H-pyrrole nitrogens is 1. The highest BCUT2D eigenvalue weighted by Crippen LogP contribution is 2.25. The molecule has 2 heterocycles. The monoisotopic (exact) mass is 333 g/mol. The summed E-state index contributed by atoms with van der Waals surface area (Å²) in [5.41, 5.74) is 5.67. The van der Waals surface area contributed by atoms with Gasteiger partial charge in [-0.3, -0.25) is 19.5 Å². The summed E-state index contributed by atoms with van der Waals surface area (Å²) in [5, 5.41) is 0. The molecule has 1 saturated heterocycles. The quantitative estimate of drug-likeness (QED) is 0.818. The lowest BCUT2D eigenvalue weighted by atomic mass is 10.1. The van der Waals surface area contributed by atoms with Gasteiger partial charge in [0.25, 0.3) is 5.56 Å². The Morgan fingerprint density at radius 2 is 2.26 bits per heavy atom. The maximum Gasteiger partial charge on any atom is 0.406 e. The van der Waals surface area contributed by atoms with Crippen LogP contribution in [0.5, 0.6) is 0 Å². The zero-order valence-corrected chi connectivity index (χ0v) is 12.6. The summed E-state index contributed by atoms with van der Waals surface area (Å²) >= 11 is 0. The molecule has 1 aliphatic rings. The van der Waals surface area contributed by atoms with Crippen molar-refractivity contribution in [2.24, 2.45) is 0 Å². The number of nitrogens with one attached hydrogen (secondary N) is 1. The Morgan fingerprint density at radius 3 is 2.87 bits per heavy atom. The number of nitrogens with two attached hydrogens (primary N) is 1. The smallest absolute Gasteiger partial charge is 0.369 e. The summed E-state index contributed by atoms with van der Waals surface area (Å²) in [7, 11) is 1.13. The zero-order valence-electron chi connectivity index (χ0n) is 12.6. The normalized spacial score (nSPS) is 19.0. The number of nitrogen functional groups attached to an aromatic ring is 1. The first kappa shape index (κ1) is 17.3. The molecular weight excluding hydrogens is 315 g/mol. The van der Waals surface area contributed by atoms with Crippen LogP contribution in [-0.2, 0) is 4.79 Å². The van der Waals surface area contributed by atoms with Crippen LogP contribution in [0.15, 0.2) is 10.9 Å². The first-order valence-corrected chi connectivity index (χ1v) is 7.04. The van der Waals surface area contributed by atoms with Crippen LogP contribution in [0.4, 0.5) is 19.1 Å². The van der Waals surface area contributed by atoms with E-state index in [0.717, 1.165) is 7.05 Å². The van der Waals surface area contributed by atoms with Crippen molar-refractivity contribution in [3.8, 4) is 0 Å². The van der Waals surface area contributed by atoms with Gasteiger partial charge in [-0.05, 0) is 13.0 Å². The van der Waals surface area contributed by atoms with E-state index in [9.17, 15) is 22.8 Å². The number of carbonyl (C=O) groups excluding carboxylic acids is 1. The third-order valence-electron chi connectivity index (χ3n) is 3.67. The summed E-state index contributed by atoms with van der Waals surface area (Å²) in [6.07, 6.45) is -3.75. The fourth-order valence-corrected chi connectivity index (χ4v) is 2.59. The van der Waals surface area contributed by atoms with Gasteiger partial charge in [-0.1, -0.05) is 0 Å². The molecule has 1 aromatic heterocycles. The van der Waals surface area contributed by atoms with E-state index in [2.05, 4.69) is 9.97 Å². The molecule has 0 radical (unpaired) electrons. The number of anilines is 1. The number of hydrogen-bond donors (Lipinski definition) is 2. The summed E-state index contributed by atoms with van der Waals surface area (Å²) in [5.74, 6) is -0.645. The number of alkyl halides is 3. The molecule has 0 bridgehead atoms. The second-order valence-electron chi connectivity index (χ2n) is 5.64. The van der Waals surface area contributed by atoms with Crippen LogP contribution in [0.25, 0.3) is 0 Å². The predicted octanol–water partition coefficient (Wildman–Crippen LogP) is 0.162. The molecule has 0 aromatic carbocycles. The molecule has 1 unspecified atom stereocenters. The van der Waals surface area contributed by atoms with E-state index in [0.29, 0.717) is 30.1 Å². The third kappa shape index (κ3) is 4.95. The van der Waals surface area contributed by atoms with Crippen molar-refractivity contribution in [1.29, 1.82) is 0 Å². The molecule has 1 atom stereocenters. The minimum atomic E-state index is -4.41. The van der Waals surface area contributed by atoms with Gasteiger partial charge in [-0.15, -0.1) is 0 Å². The van der Waals surface area contributed by atoms with Gasteiger partial charge in [0.1, 0.15) is 6.54 Å². The molecule has 1 aliphatic heterocycles. The van der Waals surface area contributed by atoms with Crippen LogP contribution in [-0.4, -0.2) is 65.1 Å². The number of rotatable bonds is 4. The molecule has 1 amide bonds. The van der Waals surface area contributed by atoms with E-state index in [1.807, 2.05) is 0 Å².